The van der Waals surface area contributed by atoms with E-state index in [0.29, 0.717) is 25.6 Å². The van der Waals surface area contributed by atoms with Gasteiger partial charge in [-0.2, -0.15) is 0 Å². The van der Waals surface area contributed by atoms with Crippen LogP contribution in [0.25, 0.3) is 0 Å². The van der Waals surface area contributed by atoms with Crippen molar-refractivity contribution in [1.29, 1.82) is 0 Å². The summed E-state index contributed by atoms with van der Waals surface area (Å²) in [5.74, 6) is 1.09. The maximum absolute atomic E-state index is 12.6. The lowest BCUT2D eigenvalue weighted by molar-refractivity contribution is -0.162. The Morgan fingerprint density at radius 3 is 2.28 bits per heavy atom. The molecule has 0 aromatic carbocycles. The number of hydrogen-bond acceptors (Lipinski definition) is 5. The van der Waals surface area contributed by atoms with Crippen LogP contribution in [0.15, 0.2) is 0 Å². The van der Waals surface area contributed by atoms with Crippen LogP contribution in [0.1, 0.15) is 52.9 Å². The number of amides is 3. The maximum atomic E-state index is 12.6. The highest BCUT2D eigenvalue weighted by atomic mass is 16.6. The first-order valence-corrected chi connectivity index (χ1v) is 10.8. The van der Waals surface area contributed by atoms with Gasteiger partial charge in [0, 0.05) is 25.6 Å². The van der Waals surface area contributed by atoms with Gasteiger partial charge in [0.25, 0.3) is 0 Å². The van der Waals surface area contributed by atoms with Crippen molar-refractivity contribution < 1.29 is 23.9 Å². The van der Waals surface area contributed by atoms with Crippen molar-refractivity contribution in [3.05, 3.63) is 0 Å². The fourth-order valence-electron chi connectivity index (χ4n) is 6.05. The second-order valence-electron chi connectivity index (χ2n) is 10.6. The summed E-state index contributed by atoms with van der Waals surface area (Å²) in [7, 11) is 0. The number of carbonyl (C=O) groups is 3. The molecular weight excluding hydrogens is 374 g/mol. The summed E-state index contributed by atoms with van der Waals surface area (Å²) in [6.07, 6.45) is 3.70. The molecule has 162 valence electrons. The van der Waals surface area contributed by atoms with E-state index in [1.165, 1.54) is 0 Å². The number of alkyl carbamates (subject to hydrolysis) is 1. The molecule has 0 aromatic rings. The Morgan fingerprint density at radius 2 is 1.72 bits per heavy atom. The molecule has 8 heteroatoms. The molecular formula is C21H33N3O5. The molecule has 5 atom stereocenters. The van der Waals surface area contributed by atoms with Crippen molar-refractivity contribution in [2.45, 2.75) is 64.6 Å². The largest absolute Gasteiger partial charge is 0.446 e. The van der Waals surface area contributed by atoms with Crippen molar-refractivity contribution >= 4 is 18.1 Å². The third-order valence-electron chi connectivity index (χ3n) is 7.10. The van der Waals surface area contributed by atoms with Crippen molar-refractivity contribution in [1.82, 2.24) is 10.2 Å². The van der Waals surface area contributed by atoms with E-state index in [-0.39, 0.29) is 41.3 Å². The number of nitrogens with zero attached hydrogens (tertiary/aromatic N) is 1. The Hall–Kier alpha value is -1.99. The van der Waals surface area contributed by atoms with Crippen LogP contribution >= 0.6 is 0 Å². The van der Waals surface area contributed by atoms with Gasteiger partial charge in [0.05, 0.1) is 5.41 Å². The summed E-state index contributed by atoms with van der Waals surface area (Å²) in [4.78, 5) is 38.1. The molecule has 29 heavy (non-hydrogen) atoms. The molecule has 5 rings (SSSR count). The first-order chi connectivity index (χ1) is 13.5. The summed E-state index contributed by atoms with van der Waals surface area (Å²) < 4.78 is 11.1. The van der Waals surface area contributed by atoms with Gasteiger partial charge in [-0.05, 0) is 70.6 Å². The standard InChI is InChI=1S/C21H33N3O5/c1-20(2,3)29-18(26)23-9-13-10-24(11-13)19(27)28-16-14-4-12-5-15(16)8-21(6-12,7-14)17(22)25/h12-16H,4-11H2,1-3H3,(H2,22,25)(H,23,26)/t12?,14-,15?,16?,21+/m1/s1. The number of nitrogens with one attached hydrogen (secondary N) is 1. The van der Waals surface area contributed by atoms with Gasteiger partial charge in [0.2, 0.25) is 5.91 Å². The monoisotopic (exact) mass is 407 g/mol. The van der Waals surface area contributed by atoms with Crippen LogP contribution in [0, 0.1) is 29.1 Å². The van der Waals surface area contributed by atoms with Gasteiger partial charge in [-0.1, -0.05) is 0 Å². The predicted octanol–water partition coefficient (Wildman–Crippen LogP) is 2.26. The zero-order chi connectivity index (χ0) is 21.0. The Bertz CT molecular complexity index is 681. The van der Waals surface area contributed by atoms with Crippen molar-refractivity contribution in [3.8, 4) is 0 Å². The lowest BCUT2D eigenvalue weighted by Crippen LogP contribution is -2.60. The van der Waals surface area contributed by atoms with Gasteiger partial charge < -0.3 is 25.4 Å². The third-order valence-corrected chi connectivity index (χ3v) is 7.10. The van der Waals surface area contributed by atoms with Crippen molar-refractivity contribution in [2.24, 2.45) is 34.8 Å². The van der Waals surface area contributed by atoms with Crippen molar-refractivity contribution in [3.63, 3.8) is 0 Å². The molecule has 0 spiro atoms. The lowest BCUT2D eigenvalue weighted by Gasteiger charge is -2.58. The summed E-state index contributed by atoms with van der Waals surface area (Å²) in [5, 5.41) is 2.76. The Balaban J connectivity index is 1.23. The van der Waals surface area contributed by atoms with Crippen LogP contribution in [0.4, 0.5) is 9.59 Å². The number of likely N-dealkylation sites (tertiary alicyclic amines) is 1. The van der Waals surface area contributed by atoms with E-state index in [4.69, 9.17) is 15.2 Å². The Morgan fingerprint density at radius 1 is 1.10 bits per heavy atom. The first-order valence-electron chi connectivity index (χ1n) is 10.8. The normalized spacial score (nSPS) is 35.8. The molecule has 3 amide bonds. The number of hydrogen-bond donors (Lipinski definition) is 2. The van der Waals surface area contributed by atoms with E-state index in [1.807, 2.05) is 20.8 Å². The van der Waals surface area contributed by atoms with E-state index in [9.17, 15) is 14.4 Å². The molecule has 1 heterocycles. The predicted molar refractivity (Wildman–Crippen MR) is 105 cm³/mol. The van der Waals surface area contributed by atoms with Gasteiger partial charge in [0.15, 0.2) is 0 Å². The quantitative estimate of drug-likeness (QED) is 0.743. The Labute approximate surface area is 171 Å². The van der Waals surface area contributed by atoms with E-state index < -0.39 is 11.7 Å². The molecule has 3 unspecified atom stereocenters. The van der Waals surface area contributed by atoms with Gasteiger partial charge in [0.1, 0.15) is 11.7 Å². The maximum Gasteiger partial charge on any atom is 0.410 e. The molecule has 5 aliphatic rings. The highest BCUT2D eigenvalue weighted by molar-refractivity contribution is 5.81. The smallest absolute Gasteiger partial charge is 0.410 e. The molecule has 4 bridgehead atoms. The van der Waals surface area contributed by atoms with Crippen molar-refractivity contribution in [2.75, 3.05) is 19.6 Å². The van der Waals surface area contributed by atoms with Crippen LogP contribution in [-0.2, 0) is 14.3 Å². The van der Waals surface area contributed by atoms with Gasteiger partial charge in [-0.15, -0.1) is 0 Å². The second-order valence-corrected chi connectivity index (χ2v) is 10.6. The number of ether oxygens (including phenoxy) is 2. The number of primary amides is 1. The fraction of sp³-hybridized carbons (Fsp3) is 0.857. The average molecular weight is 408 g/mol. The minimum Gasteiger partial charge on any atom is -0.446 e. The van der Waals surface area contributed by atoms with Crippen LogP contribution in [0.2, 0.25) is 0 Å². The number of carbonyl (C=O) groups excluding carboxylic acids is 3. The average Bonchev–Trinajstić information content (AvgIpc) is 2.54. The minimum absolute atomic E-state index is 0.0922. The van der Waals surface area contributed by atoms with E-state index in [0.717, 1.165) is 32.1 Å². The van der Waals surface area contributed by atoms with E-state index in [1.54, 1.807) is 4.90 Å². The van der Waals surface area contributed by atoms with Gasteiger partial charge in [-0.3, -0.25) is 4.79 Å². The first kappa shape index (κ1) is 20.3. The molecule has 0 radical (unpaired) electrons. The van der Waals surface area contributed by atoms with Gasteiger partial charge in [-0.25, -0.2) is 9.59 Å². The topological polar surface area (TPSA) is 111 Å². The summed E-state index contributed by atoms with van der Waals surface area (Å²) in [6.45, 7) is 7.10. The summed E-state index contributed by atoms with van der Waals surface area (Å²) >= 11 is 0. The molecule has 5 fully saturated rings. The second kappa shape index (κ2) is 7.06. The zero-order valence-corrected chi connectivity index (χ0v) is 17.6. The van der Waals surface area contributed by atoms with Gasteiger partial charge >= 0.3 is 12.2 Å². The Kier molecular flexibility index (Phi) is 4.94. The van der Waals surface area contributed by atoms with Crippen LogP contribution in [0.3, 0.4) is 0 Å². The minimum atomic E-state index is -0.523. The van der Waals surface area contributed by atoms with E-state index >= 15 is 0 Å². The molecule has 8 nitrogen and oxygen atoms in total. The zero-order valence-electron chi connectivity index (χ0n) is 17.6. The molecule has 4 aliphatic carbocycles. The van der Waals surface area contributed by atoms with Crippen LogP contribution < -0.4 is 11.1 Å². The summed E-state index contributed by atoms with van der Waals surface area (Å²) in [6, 6.07) is 0. The van der Waals surface area contributed by atoms with Crippen LogP contribution in [0.5, 0.6) is 0 Å². The molecule has 3 N–H and O–H groups in total. The molecule has 4 saturated carbocycles. The number of rotatable bonds is 4. The van der Waals surface area contributed by atoms with Crippen LogP contribution in [-0.4, -0.2) is 54.3 Å². The third kappa shape index (κ3) is 4.03. The summed E-state index contributed by atoms with van der Waals surface area (Å²) in [5.41, 5.74) is 4.83. The highest BCUT2D eigenvalue weighted by Crippen LogP contribution is 2.60. The SMILES string of the molecule is CC(C)(C)OC(=O)NCC1CN(C(=O)OC2C3CC4C[C@@H]2C[C@@](C(N)=O)(C4)C3)C1. The fourth-order valence-corrected chi connectivity index (χ4v) is 6.05. The lowest BCUT2D eigenvalue weighted by atomic mass is 9.48. The molecule has 0 aromatic heterocycles. The number of nitrogens with two attached hydrogens (primary N) is 1. The van der Waals surface area contributed by atoms with E-state index in [2.05, 4.69) is 5.32 Å². The molecule has 1 aliphatic heterocycles. The molecule has 1 saturated heterocycles. The highest BCUT2D eigenvalue weighted by Gasteiger charge is 2.59.